The maximum atomic E-state index is 12.7. The zero-order valence-electron chi connectivity index (χ0n) is 19.3. The van der Waals surface area contributed by atoms with Gasteiger partial charge in [-0.1, -0.05) is 67.4 Å². The molecule has 162 valence electrons. The molecule has 1 fully saturated rings. The molecule has 1 unspecified atom stereocenters. The quantitative estimate of drug-likeness (QED) is 0.222. The third-order valence-corrected chi connectivity index (χ3v) is 12.4. The second-order valence-corrected chi connectivity index (χ2v) is 14.6. The number of nitrogens with zero attached hydrogens (tertiary/aromatic N) is 1. The van der Waals surface area contributed by atoms with Crippen molar-refractivity contribution in [3.05, 3.63) is 12.2 Å². The van der Waals surface area contributed by atoms with Crippen LogP contribution in [0.2, 0.25) is 16.6 Å². The molecule has 0 aromatic carbocycles. The molecule has 0 aliphatic carbocycles. The second kappa shape index (κ2) is 11.9. The van der Waals surface area contributed by atoms with Crippen molar-refractivity contribution >= 4 is 20.0 Å². The molecule has 28 heavy (non-hydrogen) atoms. The number of likely N-dealkylation sites (tertiary alicyclic amines) is 1. The van der Waals surface area contributed by atoms with Gasteiger partial charge >= 0.3 is 0 Å². The molecule has 1 rings (SSSR count). The first-order valence-corrected chi connectivity index (χ1v) is 13.4. The number of carbonyl (C=O) groups excluding carboxylic acids is 2. The largest absolute Gasteiger partial charge is 0.414 e. The Morgan fingerprint density at radius 1 is 1.14 bits per heavy atom. The maximum Gasteiger partial charge on any atom is 0.229 e. The van der Waals surface area contributed by atoms with Crippen molar-refractivity contribution in [3.63, 3.8) is 0 Å². The summed E-state index contributed by atoms with van der Waals surface area (Å²) in [5, 5.41) is 0. The Bertz CT molecular complexity index is 506. The lowest BCUT2D eigenvalue weighted by molar-refractivity contribution is -0.130. The molecule has 0 saturated carbocycles. The van der Waals surface area contributed by atoms with Crippen molar-refractivity contribution in [1.82, 2.24) is 4.90 Å². The fourth-order valence-corrected chi connectivity index (χ4v) is 10.3. The van der Waals surface area contributed by atoms with Gasteiger partial charge in [-0.2, -0.15) is 0 Å². The van der Waals surface area contributed by atoms with Gasteiger partial charge in [-0.25, -0.2) is 0 Å². The van der Waals surface area contributed by atoms with Crippen molar-refractivity contribution in [2.75, 3.05) is 19.7 Å². The van der Waals surface area contributed by atoms with Crippen LogP contribution >= 0.6 is 0 Å². The average molecular weight is 410 g/mol. The molecule has 1 saturated heterocycles. The highest BCUT2D eigenvalue weighted by Gasteiger charge is 2.45. The van der Waals surface area contributed by atoms with Gasteiger partial charge in [-0.05, 0) is 35.5 Å². The van der Waals surface area contributed by atoms with Crippen molar-refractivity contribution in [3.8, 4) is 0 Å². The van der Waals surface area contributed by atoms with Crippen LogP contribution in [0.1, 0.15) is 80.6 Å². The highest BCUT2D eigenvalue weighted by Crippen LogP contribution is 2.42. The van der Waals surface area contributed by atoms with Crippen LogP contribution in [-0.2, 0) is 14.0 Å². The van der Waals surface area contributed by atoms with E-state index in [1.54, 1.807) is 6.08 Å². The number of ketones is 1. The number of amides is 1. The molecule has 1 atom stereocenters. The molecule has 1 aliphatic heterocycles. The number of unbranched alkanes of at least 4 members (excludes halogenated alkanes) is 2. The van der Waals surface area contributed by atoms with Crippen LogP contribution < -0.4 is 0 Å². The molecule has 1 heterocycles. The highest BCUT2D eigenvalue weighted by molar-refractivity contribution is 6.77. The topological polar surface area (TPSA) is 46.6 Å². The van der Waals surface area contributed by atoms with E-state index in [0.29, 0.717) is 36.2 Å². The van der Waals surface area contributed by atoms with Crippen LogP contribution in [0.15, 0.2) is 12.2 Å². The predicted octanol–water partition coefficient (Wildman–Crippen LogP) is 5.73. The Morgan fingerprint density at radius 3 is 2.29 bits per heavy atom. The molecule has 0 aromatic rings. The van der Waals surface area contributed by atoms with Gasteiger partial charge in [0.1, 0.15) is 0 Å². The van der Waals surface area contributed by atoms with E-state index in [2.05, 4.69) is 48.5 Å². The van der Waals surface area contributed by atoms with Gasteiger partial charge in [0.2, 0.25) is 5.91 Å². The van der Waals surface area contributed by atoms with E-state index >= 15 is 0 Å². The Kier molecular flexibility index (Phi) is 10.7. The second-order valence-electron chi connectivity index (χ2n) is 9.17. The summed E-state index contributed by atoms with van der Waals surface area (Å²) >= 11 is 0. The standard InChI is InChI=1S/C23H43NO3Si/c1-8-9-10-11-22(25)13-12-21-14-15-24(23(21)26)16-17-27-28(18(2)3,19(4)5)20(6)7/h12-13,18-21H,8-11,14-17H2,1-7H3/b13-12+. The third kappa shape index (κ3) is 6.55. The summed E-state index contributed by atoms with van der Waals surface area (Å²) in [6, 6.07) is 0. The minimum absolute atomic E-state index is 0.141. The maximum absolute atomic E-state index is 12.7. The molecule has 0 radical (unpaired) electrons. The van der Waals surface area contributed by atoms with E-state index in [1.165, 1.54) is 0 Å². The first-order chi connectivity index (χ1) is 13.2. The van der Waals surface area contributed by atoms with Crippen molar-refractivity contribution in [2.45, 2.75) is 97.2 Å². The van der Waals surface area contributed by atoms with Crippen LogP contribution in [0.5, 0.6) is 0 Å². The molecule has 1 amide bonds. The molecule has 0 N–H and O–H groups in total. The summed E-state index contributed by atoms with van der Waals surface area (Å²) in [4.78, 5) is 26.5. The Hall–Kier alpha value is -0.943. The van der Waals surface area contributed by atoms with E-state index in [9.17, 15) is 9.59 Å². The summed E-state index contributed by atoms with van der Waals surface area (Å²) in [5.74, 6) is 0.147. The van der Waals surface area contributed by atoms with Crippen LogP contribution in [0.4, 0.5) is 0 Å². The van der Waals surface area contributed by atoms with Gasteiger partial charge in [0.25, 0.3) is 0 Å². The van der Waals surface area contributed by atoms with E-state index in [1.807, 2.05) is 11.0 Å². The van der Waals surface area contributed by atoms with E-state index in [4.69, 9.17) is 4.43 Å². The normalized spacial score (nSPS) is 18.4. The van der Waals surface area contributed by atoms with Gasteiger partial charge < -0.3 is 9.33 Å². The Labute approximate surface area is 174 Å². The first kappa shape index (κ1) is 25.1. The molecule has 0 aromatic heterocycles. The number of hydrogen-bond donors (Lipinski definition) is 0. The summed E-state index contributed by atoms with van der Waals surface area (Å²) in [5.41, 5.74) is 1.66. The lowest BCUT2D eigenvalue weighted by Gasteiger charge is -2.42. The van der Waals surface area contributed by atoms with Crippen LogP contribution in [0.3, 0.4) is 0 Å². The highest BCUT2D eigenvalue weighted by atomic mass is 28.4. The molecular weight excluding hydrogens is 366 g/mol. The molecule has 0 bridgehead atoms. The molecule has 4 nitrogen and oxygen atoms in total. The first-order valence-electron chi connectivity index (χ1n) is 11.3. The molecule has 5 heteroatoms. The number of carbonyl (C=O) groups is 2. The van der Waals surface area contributed by atoms with Gasteiger partial charge in [0, 0.05) is 19.5 Å². The van der Waals surface area contributed by atoms with Crippen molar-refractivity contribution < 1.29 is 14.0 Å². The fourth-order valence-electron chi connectivity index (χ4n) is 4.85. The van der Waals surface area contributed by atoms with Crippen molar-refractivity contribution in [2.24, 2.45) is 5.92 Å². The van der Waals surface area contributed by atoms with E-state index in [0.717, 1.165) is 32.2 Å². The van der Waals surface area contributed by atoms with Gasteiger partial charge in [-0.15, -0.1) is 0 Å². The number of hydrogen-bond acceptors (Lipinski definition) is 3. The number of allylic oxidation sites excluding steroid dienone is 1. The van der Waals surface area contributed by atoms with Crippen LogP contribution in [0, 0.1) is 5.92 Å². The van der Waals surface area contributed by atoms with E-state index < -0.39 is 8.32 Å². The minimum Gasteiger partial charge on any atom is -0.414 e. The molecular formula is C23H43NO3Si. The number of rotatable bonds is 13. The molecule has 0 spiro atoms. The monoisotopic (exact) mass is 409 g/mol. The smallest absolute Gasteiger partial charge is 0.229 e. The van der Waals surface area contributed by atoms with Gasteiger partial charge in [-0.3, -0.25) is 9.59 Å². The summed E-state index contributed by atoms with van der Waals surface area (Å²) < 4.78 is 6.59. The zero-order chi connectivity index (χ0) is 21.3. The summed E-state index contributed by atoms with van der Waals surface area (Å²) in [6.07, 6.45) is 8.00. The predicted molar refractivity (Wildman–Crippen MR) is 120 cm³/mol. The van der Waals surface area contributed by atoms with Crippen molar-refractivity contribution in [1.29, 1.82) is 0 Å². The summed E-state index contributed by atoms with van der Waals surface area (Å²) in [7, 11) is -1.88. The van der Waals surface area contributed by atoms with Crippen LogP contribution in [0.25, 0.3) is 0 Å². The summed E-state index contributed by atoms with van der Waals surface area (Å²) in [6.45, 7) is 17.9. The SMILES string of the molecule is CCCCCC(=O)/C=C/C1CCN(CCO[Si](C(C)C)(C(C)C)C(C)C)C1=O. The lowest BCUT2D eigenvalue weighted by atomic mass is 10.1. The third-order valence-electron chi connectivity index (χ3n) is 6.30. The lowest BCUT2D eigenvalue weighted by Crippen LogP contribution is -2.49. The molecule has 1 aliphatic rings. The Balaban J connectivity index is 2.55. The fraction of sp³-hybridized carbons (Fsp3) is 0.826. The Morgan fingerprint density at radius 2 is 1.75 bits per heavy atom. The van der Waals surface area contributed by atoms with Gasteiger partial charge in [0.15, 0.2) is 14.1 Å². The zero-order valence-corrected chi connectivity index (χ0v) is 20.3. The van der Waals surface area contributed by atoms with Gasteiger partial charge in [0.05, 0.1) is 12.5 Å². The minimum atomic E-state index is -1.88. The van der Waals surface area contributed by atoms with Crippen LogP contribution in [-0.4, -0.2) is 44.6 Å². The average Bonchev–Trinajstić information content (AvgIpc) is 2.96. The van der Waals surface area contributed by atoms with E-state index in [-0.39, 0.29) is 17.6 Å².